The van der Waals surface area contributed by atoms with Gasteiger partial charge in [0.25, 0.3) is 0 Å². The van der Waals surface area contributed by atoms with Crippen LogP contribution in [0.2, 0.25) is 5.15 Å². The van der Waals surface area contributed by atoms with Crippen molar-refractivity contribution in [2.45, 2.75) is 12.6 Å². The summed E-state index contributed by atoms with van der Waals surface area (Å²) in [7, 11) is 0. The van der Waals surface area contributed by atoms with Gasteiger partial charge in [0.1, 0.15) is 11.4 Å². The third-order valence-corrected chi connectivity index (χ3v) is 2.28. The van der Waals surface area contributed by atoms with E-state index >= 15 is 0 Å². The Morgan fingerprint density at radius 2 is 2.13 bits per heavy atom. The van der Waals surface area contributed by atoms with Crippen LogP contribution in [0.4, 0.5) is 0 Å². The number of imidazole rings is 1. The quantitative estimate of drug-likeness (QED) is 0.861. The highest BCUT2D eigenvalue weighted by atomic mass is 35.5. The topological polar surface area (TPSA) is 50.9 Å². The van der Waals surface area contributed by atoms with Crippen molar-refractivity contribution in [3.63, 3.8) is 0 Å². The van der Waals surface area contributed by atoms with Crippen LogP contribution < -0.4 is 0 Å². The lowest BCUT2D eigenvalue weighted by molar-refractivity contribution is 0.104. The van der Waals surface area contributed by atoms with Crippen LogP contribution in [-0.2, 0) is 6.42 Å². The highest BCUT2D eigenvalue weighted by molar-refractivity contribution is 6.29. The molecule has 1 atom stereocenters. The van der Waals surface area contributed by atoms with E-state index in [1.165, 1.54) is 6.33 Å². The van der Waals surface area contributed by atoms with Crippen molar-refractivity contribution in [3.8, 4) is 0 Å². The highest BCUT2D eigenvalue weighted by Gasteiger charge is 2.07. The molecule has 0 spiro atoms. The van der Waals surface area contributed by atoms with Crippen molar-refractivity contribution in [2.24, 2.45) is 0 Å². The molecule has 2 heterocycles. The second kappa shape index (κ2) is 4.42. The minimum Gasteiger partial charge on any atom is -0.373 e. The third-order valence-electron chi connectivity index (χ3n) is 2.08. The molecule has 0 saturated carbocycles. The van der Waals surface area contributed by atoms with Gasteiger partial charge in [-0.25, -0.2) is 4.98 Å². The SMILES string of the molecule is OC(Cc1ccncc1)n1cnc(Cl)c1. The fourth-order valence-electron chi connectivity index (χ4n) is 1.31. The molecule has 0 aromatic carbocycles. The zero-order valence-electron chi connectivity index (χ0n) is 7.92. The van der Waals surface area contributed by atoms with E-state index in [4.69, 9.17) is 11.6 Å². The largest absolute Gasteiger partial charge is 0.373 e. The summed E-state index contributed by atoms with van der Waals surface area (Å²) in [5.74, 6) is 0. The minimum atomic E-state index is -0.646. The van der Waals surface area contributed by atoms with Gasteiger partial charge in [-0.05, 0) is 17.7 Å². The molecule has 0 amide bonds. The monoisotopic (exact) mass is 223 g/mol. The molecule has 0 radical (unpaired) electrons. The fourth-order valence-corrected chi connectivity index (χ4v) is 1.47. The lowest BCUT2D eigenvalue weighted by atomic mass is 10.2. The number of hydrogen-bond acceptors (Lipinski definition) is 3. The van der Waals surface area contributed by atoms with Crippen LogP contribution >= 0.6 is 11.6 Å². The maximum absolute atomic E-state index is 9.83. The first-order chi connectivity index (χ1) is 7.25. The van der Waals surface area contributed by atoms with E-state index in [9.17, 15) is 5.11 Å². The first kappa shape index (κ1) is 10.1. The second-order valence-corrected chi connectivity index (χ2v) is 3.57. The Morgan fingerprint density at radius 3 is 2.73 bits per heavy atom. The third kappa shape index (κ3) is 2.55. The van der Waals surface area contributed by atoms with Crippen molar-refractivity contribution in [3.05, 3.63) is 47.8 Å². The van der Waals surface area contributed by atoms with Crippen LogP contribution in [0, 0.1) is 0 Å². The number of aromatic nitrogens is 3. The van der Waals surface area contributed by atoms with Crippen molar-refractivity contribution in [1.29, 1.82) is 0 Å². The summed E-state index contributed by atoms with van der Waals surface area (Å²) in [5.41, 5.74) is 1.02. The van der Waals surface area contributed by atoms with Gasteiger partial charge in [-0.15, -0.1) is 0 Å². The number of aliphatic hydroxyl groups is 1. The van der Waals surface area contributed by atoms with E-state index < -0.39 is 6.23 Å². The highest BCUT2D eigenvalue weighted by Crippen LogP contribution is 2.13. The number of hydrogen-bond donors (Lipinski definition) is 1. The lowest BCUT2D eigenvalue weighted by Crippen LogP contribution is -2.09. The molecule has 0 aliphatic carbocycles. The van der Waals surface area contributed by atoms with Gasteiger partial charge in [0, 0.05) is 25.0 Å². The summed E-state index contributed by atoms with van der Waals surface area (Å²) in [4.78, 5) is 7.74. The first-order valence-electron chi connectivity index (χ1n) is 4.51. The lowest BCUT2D eigenvalue weighted by Gasteiger charge is -2.11. The maximum Gasteiger partial charge on any atom is 0.147 e. The van der Waals surface area contributed by atoms with Gasteiger partial charge >= 0.3 is 0 Å². The Morgan fingerprint density at radius 1 is 1.40 bits per heavy atom. The van der Waals surface area contributed by atoms with Crippen molar-refractivity contribution >= 4 is 11.6 Å². The van der Waals surface area contributed by atoms with E-state index in [0.717, 1.165) is 5.56 Å². The fraction of sp³-hybridized carbons (Fsp3) is 0.200. The number of pyridine rings is 1. The predicted octanol–water partition coefficient (Wildman–Crippen LogP) is 1.67. The molecule has 0 aliphatic rings. The van der Waals surface area contributed by atoms with Crippen LogP contribution in [0.3, 0.4) is 0 Å². The molecule has 78 valence electrons. The molecule has 2 aromatic rings. The zero-order valence-corrected chi connectivity index (χ0v) is 8.67. The van der Waals surface area contributed by atoms with Gasteiger partial charge in [-0.3, -0.25) is 4.98 Å². The summed E-state index contributed by atoms with van der Waals surface area (Å²) in [6.07, 6.45) is 6.36. The minimum absolute atomic E-state index is 0.378. The van der Waals surface area contributed by atoms with Crippen molar-refractivity contribution in [1.82, 2.24) is 14.5 Å². The number of halogens is 1. The normalized spacial score (nSPS) is 12.7. The van der Waals surface area contributed by atoms with Crippen LogP contribution in [0.15, 0.2) is 37.1 Å². The molecule has 1 N–H and O–H groups in total. The summed E-state index contributed by atoms with van der Waals surface area (Å²) < 4.78 is 1.57. The van der Waals surface area contributed by atoms with Gasteiger partial charge in [-0.1, -0.05) is 11.6 Å². The summed E-state index contributed by atoms with van der Waals surface area (Å²) in [6, 6.07) is 3.73. The zero-order chi connectivity index (χ0) is 10.7. The molecule has 0 fully saturated rings. The first-order valence-corrected chi connectivity index (χ1v) is 4.89. The van der Waals surface area contributed by atoms with Crippen LogP contribution in [0.1, 0.15) is 11.8 Å². The summed E-state index contributed by atoms with van der Waals surface area (Å²) in [6.45, 7) is 0. The molecule has 2 aromatic heterocycles. The Balaban J connectivity index is 2.07. The average molecular weight is 224 g/mol. The van der Waals surface area contributed by atoms with E-state index in [1.807, 2.05) is 12.1 Å². The molecule has 2 rings (SSSR count). The molecule has 5 heteroatoms. The molecule has 0 bridgehead atoms. The smallest absolute Gasteiger partial charge is 0.147 e. The molecule has 15 heavy (non-hydrogen) atoms. The van der Waals surface area contributed by atoms with Gasteiger partial charge in [0.15, 0.2) is 0 Å². The Kier molecular flexibility index (Phi) is 2.99. The number of nitrogens with zero attached hydrogens (tertiary/aromatic N) is 3. The van der Waals surface area contributed by atoms with E-state index in [1.54, 1.807) is 23.2 Å². The molecular weight excluding hydrogens is 214 g/mol. The summed E-state index contributed by atoms with van der Waals surface area (Å²) in [5, 5.41) is 10.2. The molecule has 4 nitrogen and oxygen atoms in total. The van der Waals surface area contributed by atoms with Crippen LogP contribution in [0.25, 0.3) is 0 Å². The second-order valence-electron chi connectivity index (χ2n) is 3.18. The summed E-state index contributed by atoms with van der Waals surface area (Å²) >= 11 is 5.65. The van der Waals surface area contributed by atoms with Crippen molar-refractivity contribution < 1.29 is 5.11 Å². The Labute approximate surface area is 92.2 Å². The maximum atomic E-state index is 9.83. The Hall–Kier alpha value is -1.39. The number of aliphatic hydroxyl groups excluding tert-OH is 1. The Bertz CT molecular complexity index is 429. The van der Waals surface area contributed by atoms with Crippen LogP contribution in [-0.4, -0.2) is 19.6 Å². The number of rotatable bonds is 3. The molecule has 0 saturated heterocycles. The van der Waals surface area contributed by atoms with E-state index in [0.29, 0.717) is 11.6 Å². The van der Waals surface area contributed by atoms with Gasteiger partial charge in [0.2, 0.25) is 0 Å². The molecule has 1 unspecified atom stereocenters. The standard InChI is InChI=1S/C10H10ClN3O/c11-9-6-14(7-13-9)10(15)5-8-1-3-12-4-2-8/h1-4,6-7,10,15H,5H2. The predicted molar refractivity (Wildman–Crippen MR) is 56.4 cm³/mol. The van der Waals surface area contributed by atoms with Crippen LogP contribution in [0.5, 0.6) is 0 Å². The van der Waals surface area contributed by atoms with Gasteiger partial charge in [0.05, 0.1) is 6.33 Å². The van der Waals surface area contributed by atoms with Gasteiger partial charge < -0.3 is 9.67 Å². The van der Waals surface area contributed by atoms with E-state index in [2.05, 4.69) is 9.97 Å². The van der Waals surface area contributed by atoms with E-state index in [-0.39, 0.29) is 0 Å². The average Bonchev–Trinajstić information content (AvgIpc) is 2.66. The molecular formula is C10H10ClN3O. The van der Waals surface area contributed by atoms with Crippen molar-refractivity contribution in [2.75, 3.05) is 0 Å². The van der Waals surface area contributed by atoms with Gasteiger partial charge in [-0.2, -0.15) is 0 Å². The molecule has 0 aliphatic heterocycles.